The number of aromatic nitrogens is 4. The molecule has 1 saturated heterocycles. The number of halogens is 1. The third-order valence-electron chi connectivity index (χ3n) is 5.39. The molecule has 0 spiro atoms. The molecule has 6 atom stereocenters. The zero-order valence-corrected chi connectivity index (χ0v) is 21.2. The summed E-state index contributed by atoms with van der Waals surface area (Å²) in [5.41, 5.74) is 6.25. The van der Waals surface area contributed by atoms with Crippen molar-refractivity contribution in [3.8, 4) is 5.75 Å². The molecular weight excluding hydrogens is 510 g/mol. The van der Waals surface area contributed by atoms with Crippen LogP contribution in [0.15, 0.2) is 43.0 Å². The molecule has 200 valence electrons. The van der Waals surface area contributed by atoms with Crippen LogP contribution in [-0.4, -0.2) is 67.7 Å². The molecule has 0 aliphatic carbocycles. The van der Waals surface area contributed by atoms with Crippen molar-refractivity contribution in [2.75, 3.05) is 12.3 Å². The summed E-state index contributed by atoms with van der Waals surface area (Å²) < 4.78 is 51.9. The first-order chi connectivity index (χ1) is 17.6. The SMILES string of the molecule is CC(C)OC(=O)[C@@H](C)N[P@](=O)(OC[C@H]1O[C@@H](n2cnc3c(N)ncnc32)[C@@H](F)[C@@H]1O)Oc1ccccc1. The van der Waals surface area contributed by atoms with Gasteiger partial charge >= 0.3 is 13.7 Å². The van der Waals surface area contributed by atoms with Crippen LogP contribution in [0.1, 0.15) is 27.0 Å². The van der Waals surface area contributed by atoms with Gasteiger partial charge in [-0.3, -0.25) is 13.9 Å². The van der Waals surface area contributed by atoms with E-state index in [1.807, 2.05) is 0 Å². The second-order valence-electron chi connectivity index (χ2n) is 8.62. The van der Waals surface area contributed by atoms with E-state index in [1.165, 1.54) is 24.1 Å². The lowest BCUT2D eigenvalue weighted by Crippen LogP contribution is -2.37. The summed E-state index contributed by atoms with van der Waals surface area (Å²) in [4.78, 5) is 24.3. The van der Waals surface area contributed by atoms with Crippen molar-refractivity contribution in [1.82, 2.24) is 24.6 Å². The van der Waals surface area contributed by atoms with Gasteiger partial charge in [-0.25, -0.2) is 23.9 Å². The van der Waals surface area contributed by atoms with E-state index in [-0.39, 0.29) is 22.7 Å². The molecule has 3 aromatic rings. The number of hydrogen-bond donors (Lipinski definition) is 3. The van der Waals surface area contributed by atoms with Crippen LogP contribution in [0.4, 0.5) is 10.2 Å². The van der Waals surface area contributed by atoms with Gasteiger partial charge in [-0.2, -0.15) is 5.09 Å². The van der Waals surface area contributed by atoms with Crippen molar-refractivity contribution in [2.24, 2.45) is 0 Å². The minimum absolute atomic E-state index is 0.104. The largest absolute Gasteiger partial charge is 0.462 e. The molecule has 0 amide bonds. The number of aliphatic hydroxyl groups is 1. The van der Waals surface area contributed by atoms with Gasteiger partial charge in [0.1, 0.15) is 35.8 Å². The number of aliphatic hydroxyl groups excluding tert-OH is 1. The van der Waals surface area contributed by atoms with E-state index in [9.17, 15) is 14.5 Å². The quantitative estimate of drug-likeness (QED) is 0.254. The second-order valence-corrected chi connectivity index (χ2v) is 10.3. The molecule has 0 radical (unpaired) electrons. The first-order valence-electron chi connectivity index (χ1n) is 11.5. The topological polar surface area (TPSA) is 173 Å². The number of nitrogens with zero attached hydrogens (tertiary/aromatic N) is 4. The normalized spacial score (nSPS) is 24.2. The van der Waals surface area contributed by atoms with Crippen LogP contribution >= 0.6 is 7.75 Å². The Kier molecular flexibility index (Phi) is 8.05. The molecule has 1 fully saturated rings. The average Bonchev–Trinajstić information content (AvgIpc) is 3.40. The summed E-state index contributed by atoms with van der Waals surface area (Å²) in [6.07, 6.45) is -4.03. The number of esters is 1. The number of benzene rings is 1. The van der Waals surface area contributed by atoms with E-state index in [0.29, 0.717) is 0 Å². The maximum atomic E-state index is 15.1. The molecule has 4 N–H and O–H groups in total. The number of rotatable bonds is 10. The number of fused-ring (bicyclic) bond motifs is 1. The fourth-order valence-corrected chi connectivity index (χ4v) is 5.13. The number of hydrogen-bond acceptors (Lipinski definition) is 11. The second kappa shape index (κ2) is 11.1. The van der Waals surface area contributed by atoms with Crippen LogP contribution in [0.3, 0.4) is 0 Å². The zero-order valence-electron chi connectivity index (χ0n) is 20.3. The molecule has 15 heteroatoms. The summed E-state index contributed by atoms with van der Waals surface area (Å²) in [6.45, 7) is 4.24. The zero-order chi connectivity index (χ0) is 26.7. The van der Waals surface area contributed by atoms with E-state index in [2.05, 4.69) is 20.0 Å². The summed E-state index contributed by atoms with van der Waals surface area (Å²) >= 11 is 0. The first-order valence-corrected chi connectivity index (χ1v) is 13.0. The number of carbonyl (C=O) groups excluding carboxylic acids is 1. The summed E-state index contributed by atoms with van der Waals surface area (Å²) in [7, 11) is -4.24. The first kappa shape index (κ1) is 26.9. The highest BCUT2D eigenvalue weighted by Crippen LogP contribution is 2.46. The molecule has 1 aliphatic heterocycles. The Balaban J connectivity index is 1.50. The molecule has 0 bridgehead atoms. The molecule has 1 aliphatic rings. The Hall–Kier alpha value is -3.16. The maximum Gasteiger partial charge on any atom is 0.459 e. The van der Waals surface area contributed by atoms with E-state index in [1.54, 1.807) is 44.2 Å². The van der Waals surface area contributed by atoms with Gasteiger partial charge in [0, 0.05) is 0 Å². The smallest absolute Gasteiger partial charge is 0.459 e. The average molecular weight is 538 g/mol. The Bertz CT molecular complexity index is 1280. The highest BCUT2D eigenvalue weighted by Gasteiger charge is 2.47. The van der Waals surface area contributed by atoms with Crippen LogP contribution < -0.4 is 15.3 Å². The maximum absolute atomic E-state index is 15.1. The molecular formula is C22H28FN6O7P. The van der Waals surface area contributed by atoms with E-state index in [0.717, 1.165) is 0 Å². The van der Waals surface area contributed by atoms with Gasteiger partial charge in [0.25, 0.3) is 0 Å². The fourth-order valence-electron chi connectivity index (χ4n) is 3.63. The van der Waals surface area contributed by atoms with Gasteiger partial charge in [0.05, 0.1) is 19.0 Å². The number of ether oxygens (including phenoxy) is 2. The summed E-state index contributed by atoms with van der Waals surface area (Å²) in [5, 5.41) is 13.0. The minimum Gasteiger partial charge on any atom is -0.462 e. The highest BCUT2D eigenvalue weighted by atomic mass is 31.2. The van der Waals surface area contributed by atoms with Crippen LogP contribution in [0.5, 0.6) is 5.75 Å². The lowest BCUT2D eigenvalue weighted by Gasteiger charge is -2.25. The van der Waals surface area contributed by atoms with Gasteiger partial charge < -0.3 is 24.8 Å². The van der Waals surface area contributed by atoms with Crippen LogP contribution in [0.25, 0.3) is 11.2 Å². The fraction of sp³-hybridized carbons (Fsp3) is 0.455. The van der Waals surface area contributed by atoms with Crippen molar-refractivity contribution in [2.45, 2.75) is 57.5 Å². The van der Waals surface area contributed by atoms with Crippen LogP contribution in [0, 0.1) is 0 Å². The predicted molar refractivity (Wildman–Crippen MR) is 129 cm³/mol. The number of anilines is 1. The third-order valence-corrected chi connectivity index (χ3v) is 7.03. The molecule has 37 heavy (non-hydrogen) atoms. The Labute approximate surface area is 211 Å². The third kappa shape index (κ3) is 6.05. The molecule has 0 saturated carbocycles. The standard InChI is InChI=1S/C22H28FN6O7P/c1-12(2)34-22(31)13(3)28-37(32,36-14-7-5-4-6-8-14)33-9-15-18(30)16(23)21(35-15)29-11-27-17-19(24)25-10-26-20(17)29/h4-8,10-13,15-16,18,21,30H,9H2,1-3H3,(H,28,32)(H2,24,25,26)/t13-,15-,16+,18-,21-,37+/m1/s1. The van der Waals surface area contributed by atoms with Crippen LogP contribution in [0.2, 0.25) is 0 Å². The number of nitrogen functional groups attached to an aromatic ring is 1. The molecule has 1 aromatic carbocycles. The molecule has 0 unspecified atom stereocenters. The minimum atomic E-state index is -4.24. The van der Waals surface area contributed by atoms with Crippen molar-refractivity contribution in [3.63, 3.8) is 0 Å². The van der Waals surface area contributed by atoms with Crippen molar-refractivity contribution in [3.05, 3.63) is 43.0 Å². The van der Waals surface area contributed by atoms with Crippen molar-refractivity contribution >= 4 is 30.7 Å². The summed E-state index contributed by atoms with van der Waals surface area (Å²) in [6, 6.07) is 7.06. The van der Waals surface area contributed by atoms with Gasteiger partial charge in [-0.05, 0) is 32.9 Å². The van der Waals surface area contributed by atoms with Crippen molar-refractivity contribution < 1.29 is 37.4 Å². The monoisotopic (exact) mass is 538 g/mol. The molecule has 13 nitrogen and oxygen atoms in total. The van der Waals surface area contributed by atoms with Gasteiger partial charge in [0.2, 0.25) is 0 Å². The van der Waals surface area contributed by atoms with E-state index >= 15 is 4.39 Å². The number of para-hydroxylation sites is 1. The van der Waals surface area contributed by atoms with Crippen molar-refractivity contribution in [1.29, 1.82) is 0 Å². The highest BCUT2D eigenvalue weighted by molar-refractivity contribution is 7.52. The molecule has 3 heterocycles. The lowest BCUT2D eigenvalue weighted by molar-refractivity contribution is -0.149. The van der Waals surface area contributed by atoms with Gasteiger partial charge in [-0.15, -0.1) is 0 Å². The number of carbonyl (C=O) groups is 1. The molecule has 4 rings (SSSR count). The Morgan fingerprint density at radius 1 is 1.27 bits per heavy atom. The summed E-state index contributed by atoms with van der Waals surface area (Å²) in [5.74, 6) is -0.378. The Morgan fingerprint density at radius 2 is 2.00 bits per heavy atom. The number of nitrogens with two attached hydrogens (primary N) is 1. The lowest BCUT2D eigenvalue weighted by atomic mass is 10.1. The van der Waals surface area contributed by atoms with Crippen LogP contribution in [-0.2, 0) is 23.4 Å². The predicted octanol–water partition coefficient (Wildman–Crippen LogP) is 2.14. The number of alkyl halides is 1. The van der Waals surface area contributed by atoms with Gasteiger partial charge in [-0.1, -0.05) is 18.2 Å². The number of imidazole rings is 1. The van der Waals surface area contributed by atoms with E-state index in [4.69, 9.17) is 24.3 Å². The molecule has 2 aromatic heterocycles. The number of nitrogens with one attached hydrogen (secondary N) is 1. The Morgan fingerprint density at radius 3 is 2.70 bits per heavy atom. The van der Waals surface area contributed by atoms with E-state index < -0.39 is 57.1 Å². The van der Waals surface area contributed by atoms with Gasteiger partial charge in [0.15, 0.2) is 23.9 Å².